The molecule has 0 unspecified atom stereocenters. The van der Waals surface area contributed by atoms with Crippen molar-refractivity contribution in [1.29, 1.82) is 0 Å². The summed E-state index contributed by atoms with van der Waals surface area (Å²) in [5, 5.41) is 0. The Balaban J connectivity index is 1.57. The number of allylic oxidation sites excluding steroid dienone is 2. The average Bonchev–Trinajstić information content (AvgIpc) is 2.87. The van der Waals surface area contributed by atoms with Crippen LogP contribution in [-0.4, -0.2) is 73.4 Å². The third kappa shape index (κ3) is 4.12. The highest BCUT2D eigenvalue weighted by Gasteiger charge is 2.39. The summed E-state index contributed by atoms with van der Waals surface area (Å²) in [7, 11) is -3.68. The highest BCUT2D eigenvalue weighted by molar-refractivity contribution is 7.89. The molecular weight excluding hydrogens is 438 g/mol. The molecule has 0 aromatic heterocycles. The summed E-state index contributed by atoms with van der Waals surface area (Å²) >= 11 is 0. The topological polar surface area (TPSA) is 78.0 Å². The molecular formula is C25H33N3O4S. The predicted octanol–water partition coefficient (Wildman–Crippen LogP) is 3.42. The molecule has 178 valence electrons. The quantitative estimate of drug-likeness (QED) is 0.670. The average molecular weight is 472 g/mol. The van der Waals surface area contributed by atoms with Crippen LogP contribution in [0.3, 0.4) is 0 Å². The number of piperidine rings is 3. The number of fused-ring (bicyclic) bond motifs is 1. The first-order chi connectivity index (χ1) is 16.0. The largest absolute Gasteiger partial charge is 0.367 e. The minimum Gasteiger partial charge on any atom is -0.367 e. The second kappa shape index (κ2) is 9.22. The summed E-state index contributed by atoms with van der Waals surface area (Å²) in [6.45, 7) is 4.08. The van der Waals surface area contributed by atoms with Gasteiger partial charge in [0, 0.05) is 50.4 Å². The Morgan fingerprint density at radius 2 is 1.03 bits per heavy atom. The van der Waals surface area contributed by atoms with E-state index in [0.717, 1.165) is 84.0 Å². The van der Waals surface area contributed by atoms with Crippen molar-refractivity contribution in [3.05, 3.63) is 40.7 Å². The SMILES string of the molecule is O=C1C(N2CCCCC2)=C(N2CCCCC2)C(=O)c2cc(S(=O)(=O)N3CCCCC3)ccc21. The van der Waals surface area contributed by atoms with Gasteiger partial charge in [-0.1, -0.05) is 6.42 Å². The Labute approximate surface area is 196 Å². The number of rotatable bonds is 4. The standard InChI is InChI=1S/C25H33N3O4S/c29-24-20-11-10-19(33(31,32)28-16-8-3-9-17-28)18-21(20)25(30)23(27-14-6-2-7-15-27)22(24)26-12-4-1-5-13-26/h10-11,18H,1-9,12-17H2. The number of ketones is 2. The molecule has 0 spiro atoms. The van der Waals surface area contributed by atoms with E-state index in [1.165, 1.54) is 16.4 Å². The van der Waals surface area contributed by atoms with Crippen molar-refractivity contribution in [3.63, 3.8) is 0 Å². The molecule has 33 heavy (non-hydrogen) atoms. The van der Waals surface area contributed by atoms with E-state index in [2.05, 4.69) is 9.80 Å². The number of nitrogens with zero attached hydrogens (tertiary/aromatic N) is 3. The van der Waals surface area contributed by atoms with Crippen molar-refractivity contribution < 1.29 is 18.0 Å². The highest BCUT2D eigenvalue weighted by Crippen LogP contribution is 2.35. The van der Waals surface area contributed by atoms with Gasteiger partial charge in [-0.05, 0) is 69.6 Å². The van der Waals surface area contributed by atoms with Crippen LogP contribution in [0.25, 0.3) is 0 Å². The van der Waals surface area contributed by atoms with Crippen LogP contribution in [-0.2, 0) is 10.0 Å². The third-order valence-electron chi connectivity index (χ3n) is 7.43. The minimum atomic E-state index is -3.68. The van der Waals surface area contributed by atoms with Crippen LogP contribution in [0.4, 0.5) is 0 Å². The molecule has 0 radical (unpaired) electrons. The molecule has 4 aliphatic rings. The number of carbonyl (C=O) groups excluding carboxylic acids is 2. The van der Waals surface area contributed by atoms with Gasteiger partial charge in [-0.3, -0.25) is 9.59 Å². The Hall–Kier alpha value is -2.19. The number of Topliss-reactive ketones (excluding diaryl/α,β-unsaturated/α-hetero) is 2. The van der Waals surface area contributed by atoms with Gasteiger partial charge in [0.05, 0.1) is 4.90 Å². The minimum absolute atomic E-state index is 0.115. The van der Waals surface area contributed by atoms with Gasteiger partial charge in [-0.15, -0.1) is 0 Å². The maximum atomic E-state index is 13.9. The summed E-state index contributed by atoms with van der Waals surface area (Å²) < 4.78 is 28.0. The predicted molar refractivity (Wildman–Crippen MR) is 126 cm³/mol. The Morgan fingerprint density at radius 3 is 1.55 bits per heavy atom. The van der Waals surface area contributed by atoms with Crippen LogP contribution in [0, 0.1) is 0 Å². The van der Waals surface area contributed by atoms with Gasteiger partial charge < -0.3 is 9.80 Å². The van der Waals surface area contributed by atoms with E-state index in [1.54, 1.807) is 6.07 Å². The van der Waals surface area contributed by atoms with Crippen molar-refractivity contribution in [3.8, 4) is 0 Å². The van der Waals surface area contributed by atoms with Crippen molar-refractivity contribution in [1.82, 2.24) is 14.1 Å². The van der Waals surface area contributed by atoms with Crippen molar-refractivity contribution in [2.45, 2.75) is 62.7 Å². The normalized spacial score (nSPS) is 23.2. The zero-order valence-electron chi connectivity index (χ0n) is 19.2. The van der Waals surface area contributed by atoms with E-state index >= 15 is 0 Å². The lowest BCUT2D eigenvalue weighted by molar-refractivity contribution is 0.0890. The van der Waals surface area contributed by atoms with Gasteiger partial charge in [-0.2, -0.15) is 4.31 Å². The molecule has 3 fully saturated rings. The first kappa shape index (κ1) is 22.6. The molecule has 3 saturated heterocycles. The van der Waals surface area contributed by atoms with Gasteiger partial charge in [0.25, 0.3) is 0 Å². The van der Waals surface area contributed by atoms with Crippen LogP contribution >= 0.6 is 0 Å². The van der Waals surface area contributed by atoms with E-state index < -0.39 is 10.0 Å². The van der Waals surface area contributed by atoms with E-state index in [-0.39, 0.29) is 22.0 Å². The van der Waals surface area contributed by atoms with Crippen LogP contribution < -0.4 is 0 Å². The van der Waals surface area contributed by atoms with Gasteiger partial charge in [-0.25, -0.2) is 8.42 Å². The number of hydrogen-bond acceptors (Lipinski definition) is 6. The lowest BCUT2D eigenvalue weighted by Gasteiger charge is -2.39. The first-order valence-electron chi connectivity index (χ1n) is 12.5. The molecule has 0 amide bonds. The number of benzene rings is 1. The monoisotopic (exact) mass is 471 g/mol. The maximum absolute atomic E-state index is 13.9. The summed E-state index contributed by atoms with van der Waals surface area (Å²) in [6.07, 6.45) is 9.01. The molecule has 1 aliphatic carbocycles. The van der Waals surface area contributed by atoms with Crippen LogP contribution in [0.15, 0.2) is 34.5 Å². The maximum Gasteiger partial charge on any atom is 0.243 e. The molecule has 7 nitrogen and oxygen atoms in total. The van der Waals surface area contributed by atoms with Gasteiger partial charge in [0.15, 0.2) is 0 Å². The Kier molecular flexibility index (Phi) is 6.31. The smallest absolute Gasteiger partial charge is 0.243 e. The lowest BCUT2D eigenvalue weighted by Crippen LogP contribution is -2.43. The number of likely N-dealkylation sites (tertiary alicyclic amines) is 2. The number of carbonyl (C=O) groups is 2. The molecule has 1 aromatic carbocycles. The summed E-state index contributed by atoms with van der Waals surface area (Å²) in [5.74, 6) is -0.350. The fourth-order valence-electron chi connectivity index (χ4n) is 5.62. The second-order valence-corrected chi connectivity index (χ2v) is 11.6. The summed E-state index contributed by atoms with van der Waals surface area (Å²) in [4.78, 5) is 31.9. The second-order valence-electron chi connectivity index (χ2n) is 9.62. The molecule has 0 atom stereocenters. The molecule has 0 bridgehead atoms. The molecule has 1 aromatic rings. The van der Waals surface area contributed by atoms with Gasteiger partial charge in [0.1, 0.15) is 11.4 Å². The number of hydrogen-bond donors (Lipinski definition) is 0. The molecule has 3 heterocycles. The van der Waals surface area contributed by atoms with Crippen molar-refractivity contribution >= 4 is 21.6 Å². The van der Waals surface area contributed by atoms with Crippen LogP contribution in [0.1, 0.15) is 78.5 Å². The zero-order valence-corrected chi connectivity index (χ0v) is 20.0. The Morgan fingerprint density at radius 1 is 0.576 bits per heavy atom. The number of sulfonamides is 1. The van der Waals surface area contributed by atoms with Gasteiger partial charge >= 0.3 is 0 Å². The first-order valence-corrected chi connectivity index (χ1v) is 13.9. The highest BCUT2D eigenvalue weighted by atomic mass is 32.2. The molecule has 0 saturated carbocycles. The fourth-order valence-corrected chi connectivity index (χ4v) is 7.16. The lowest BCUT2D eigenvalue weighted by atomic mass is 9.88. The van der Waals surface area contributed by atoms with E-state index in [4.69, 9.17) is 0 Å². The Bertz CT molecular complexity index is 1080. The van der Waals surface area contributed by atoms with Crippen LogP contribution in [0.2, 0.25) is 0 Å². The van der Waals surface area contributed by atoms with Gasteiger partial charge in [0.2, 0.25) is 21.6 Å². The molecule has 5 rings (SSSR count). The van der Waals surface area contributed by atoms with Crippen molar-refractivity contribution in [2.75, 3.05) is 39.3 Å². The van der Waals surface area contributed by atoms with Crippen LogP contribution in [0.5, 0.6) is 0 Å². The van der Waals surface area contributed by atoms with E-state index in [0.29, 0.717) is 30.0 Å². The molecule has 0 N–H and O–H groups in total. The van der Waals surface area contributed by atoms with E-state index in [9.17, 15) is 18.0 Å². The summed E-state index contributed by atoms with van der Waals surface area (Å²) in [5.41, 5.74) is 1.58. The molecule has 3 aliphatic heterocycles. The third-order valence-corrected chi connectivity index (χ3v) is 9.33. The zero-order chi connectivity index (χ0) is 23.0. The molecule has 8 heteroatoms. The van der Waals surface area contributed by atoms with E-state index in [1.807, 2.05) is 0 Å². The fraction of sp³-hybridized carbons (Fsp3) is 0.600. The van der Waals surface area contributed by atoms with Crippen molar-refractivity contribution in [2.24, 2.45) is 0 Å². The summed E-state index contributed by atoms with van der Waals surface area (Å²) in [6, 6.07) is 4.52.